The fraction of sp³-hybridized carbons (Fsp3) is 0.0769. The summed E-state index contributed by atoms with van der Waals surface area (Å²) >= 11 is 2.82. The zero-order valence-corrected chi connectivity index (χ0v) is 13.2. The molecule has 0 aliphatic carbocycles. The van der Waals surface area contributed by atoms with Crippen molar-refractivity contribution < 1.29 is 17.2 Å². The molecule has 112 valence electrons. The second-order valence-electron chi connectivity index (χ2n) is 4.13. The average Bonchev–Trinajstić information content (AvgIpc) is 2.44. The Bertz CT molecular complexity index is 764. The Balaban J connectivity index is 2.34. The van der Waals surface area contributed by atoms with Crippen LogP contribution in [0.2, 0.25) is 0 Å². The van der Waals surface area contributed by atoms with E-state index in [0.29, 0.717) is 0 Å². The monoisotopic (exact) mass is 376 g/mol. The third kappa shape index (κ3) is 3.51. The number of rotatable bonds is 4. The average molecular weight is 377 g/mol. The predicted molar refractivity (Wildman–Crippen MR) is 80.9 cm³/mol. The van der Waals surface area contributed by atoms with Crippen LogP contribution in [0.4, 0.5) is 20.2 Å². The van der Waals surface area contributed by atoms with Gasteiger partial charge in [0.15, 0.2) is 0 Å². The minimum atomic E-state index is -3.99. The molecule has 21 heavy (non-hydrogen) atoms. The fourth-order valence-electron chi connectivity index (χ4n) is 1.61. The van der Waals surface area contributed by atoms with Gasteiger partial charge in [-0.3, -0.25) is 4.72 Å². The molecule has 0 spiro atoms. The third-order valence-corrected chi connectivity index (χ3v) is 4.70. The second-order valence-corrected chi connectivity index (χ2v) is 6.66. The molecule has 4 nitrogen and oxygen atoms in total. The van der Waals surface area contributed by atoms with Crippen molar-refractivity contribution in [1.29, 1.82) is 0 Å². The van der Waals surface area contributed by atoms with Crippen LogP contribution in [0.25, 0.3) is 0 Å². The Kier molecular flexibility index (Phi) is 4.48. The Morgan fingerprint density at radius 2 is 1.67 bits per heavy atom. The molecule has 2 aromatic rings. The second kappa shape index (κ2) is 5.98. The van der Waals surface area contributed by atoms with E-state index in [4.69, 9.17) is 0 Å². The zero-order chi connectivity index (χ0) is 15.6. The van der Waals surface area contributed by atoms with E-state index in [0.717, 1.165) is 17.8 Å². The molecule has 0 amide bonds. The van der Waals surface area contributed by atoms with Crippen LogP contribution in [-0.4, -0.2) is 15.5 Å². The lowest BCUT2D eigenvalue weighted by molar-refractivity contribution is 0.592. The maximum absolute atomic E-state index is 13.7. The number of nitrogens with one attached hydrogen (secondary N) is 2. The van der Waals surface area contributed by atoms with E-state index in [-0.39, 0.29) is 9.37 Å². The number of sulfonamides is 1. The van der Waals surface area contributed by atoms with E-state index in [1.165, 1.54) is 12.1 Å². The molecular weight excluding hydrogens is 366 g/mol. The highest BCUT2D eigenvalue weighted by molar-refractivity contribution is 9.10. The maximum Gasteiger partial charge on any atom is 0.261 e. The van der Waals surface area contributed by atoms with Gasteiger partial charge in [0, 0.05) is 18.8 Å². The molecule has 0 saturated heterocycles. The van der Waals surface area contributed by atoms with E-state index in [9.17, 15) is 17.2 Å². The fourth-order valence-corrected chi connectivity index (χ4v) is 2.98. The van der Waals surface area contributed by atoms with Crippen LogP contribution in [0.1, 0.15) is 0 Å². The van der Waals surface area contributed by atoms with Gasteiger partial charge in [0.05, 0.1) is 15.1 Å². The third-order valence-electron chi connectivity index (χ3n) is 2.71. The molecule has 0 aliphatic rings. The van der Waals surface area contributed by atoms with Gasteiger partial charge in [-0.05, 0) is 46.3 Å². The van der Waals surface area contributed by atoms with Gasteiger partial charge in [-0.25, -0.2) is 17.2 Å². The maximum atomic E-state index is 13.7. The van der Waals surface area contributed by atoms with E-state index in [1.54, 1.807) is 19.2 Å². The lowest BCUT2D eigenvalue weighted by Gasteiger charge is -2.10. The van der Waals surface area contributed by atoms with Gasteiger partial charge in [0.25, 0.3) is 10.0 Å². The molecule has 0 unspecified atom stereocenters. The van der Waals surface area contributed by atoms with Gasteiger partial charge in [0.2, 0.25) is 0 Å². The lowest BCUT2D eigenvalue weighted by atomic mass is 10.3. The van der Waals surface area contributed by atoms with Crippen molar-refractivity contribution in [3.8, 4) is 0 Å². The Labute approximate surface area is 129 Å². The molecule has 0 bridgehead atoms. The highest BCUT2D eigenvalue weighted by Gasteiger charge is 2.17. The van der Waals surface area contributed by atoms with Gasteiger partial charge in [-0.2, -0.15) is 0 Å². The van der Waals surface area contributed by atoms with Crippen molar-refractivity contribution in [2.75, 3.05) is 17.1 Å². The van der Waals surface area contributed by atoms with Gasteiger partial charge < -0.3 is 5.32 Å². The summed E-state index contributed by atoms with van der Waals surface area (Å²) in [6.07, 6.45) is 0. The van der Waals surface area contributed by atoms with E-state index in [1.807, 2.05) is 4.72 Å². The molecule has 0 atom stereocenters. The largest absolute Gasteiger partial charge is 0.388 e. The lowest BCUT2D eigenvalue weighted by Crippen LogP contribution is -2.14. The summed E-state index contributed by atoms with van der Waals surface area (Å²) in [5.41, 5.74) is 0.281. The minimum absolute atomic E-state index is 0.0516. The summed E-state index contributed by atoms with van der Waals surface area (Å²) in [4.78, 5) is -0.0516. The van der Waals surface area contributed by atoms with Crippen molar-refractivity contribution in [3.63, 3.8) is 0 Å². The smallest absolute Gasteiger partial charge is 0.261 e. The number of benzene rings is 2. The van der Waals surface area contributed by atoms with Crippen LogP contribution >= 0.6 is 15.9 Å². The molecule has 0 fully saturated rings. The van der Waals surface area contributed by atoms with Crippen molar-refractivity contribution in [1.82, 2.24) is 0 Å². The quantitative estimate of drug-likeness (QED) is 0.801. The molecule has 0 heterocycles. The first-order valence-electron chi connectivity index (χ1n) is 5.78. The Morgan fingerprint density at radius 3 is 2.24 bits per heavy atom. The molecular formula is C13H11BrF2N2O2S. The number of halogens is 3. The highest BCUT2D eigenvalue weighted by Crippen LogP contribution is 2.25. The predicted octanol–water partition coefficient (Wildman–Crippen LogP) is 3.57. The van der Waals surface area contributed by atoms with Crippen LogP contribution in [0.5, 0.6) is 0 Å². The Hall–Kier alpha value is -1.67. The van der Waals surface area contributed by atoms with E-state index in [2.05, 4.69) is 21.2 Å². The van der Waals surface area contributed by atoms with Crippen molar-refractivity contribution in [2.24, 2.45) is 0 Å². The summed E-state index contributed by atoms with van der Waals surface area (Å²) < 4.78 is 53.2. The molecule has 0 radical (unpaired) electrons. The molecule has 2 aromatic carbocycles. The van der Waals surface area contributed by atoms with Crippen LogP contribution < -0.4 is 10.0 Å². The summed E-state index contributed by atoms with van der Waals surface area (Å²) in [5.74, 6) is -1.64. The van der Waals surface area contributed by atoms with Gasteiger partial charge in [-0.1, -0.05) is 0 Å². The normalized spacial score (nSPS) is 11.2. The first-order chi connectivity index (χ1) is 9.83. The number of hydrogen-bond donors (Lipinski definition) is 2. The van der Waals surface area contributed by atoms with E-state index < -0.39 is 27.3 Å². The summed E-state index contributed by atoms with van der Waals surface area (Å²) in [6, 6.07) is 7.49. The number of anilines is 2. The minimum Gasteiger partial charge on any atom is -0.388 e. The SMILES string of the molecule is CNc1ccc(S(=O)(=O)Nc2cc(F)c(Br)cc2F)cc1. The van der Waals surface area contributed by atoms with Crippen LogP contribution in [-0.2, 0) is 10.0 Å². The Morgan fingerprint density at radius 1 is 1.05 bits per heavy atom. The standard InChI is InChI=1S/C13H11BrF2N2O2S/c1-17-8-2-4-9(5-3-8)21(19,20)18-13-7-11(15)10(14)6-12(13)16/h2-7,17-18H,1H3. The highest BCUT2D eigenvalue weighted by atomic mass is 79.9. The van der Waals surface area contributed by atoms with Gasteiger partial charge >= 0.3 is 0 Å². The summed E-state index contributed by atoms with van der Waals surface area (Å²) in [6.45, 7) is 0. The first kappa shape index (κ1) is 15.7. The van der Waals surface area contributed by atoms with Crippen molar-refractivity contribution >= 4 is 37.3 Å². The number of hydrogen-bond acceptors (Lipinski definition) is 3. The van der Waals surface area contributed by atoms with Gasteiger partial charge in [-0.15, -0.1) is 0 Å². The molecule has 0 aliphatic heterocycles. The molecule has 0 aromatic heterocycles. The van der Waals surface area contributed by atoms with E-state index >= 15 is 0 Å². The van der Waals surface area contributed by atoms with Crippen molar-refractivity contribution in [3.05, 3.63) is 52.5 Å². The van der Waals surface area contributed by atoms with Crippen LogP contribution in [0.15, 0.2) is 45.8 Å². The molecule has 0 saturated carbocycles. The van der Waals surface area contributed by atoms with Crippen molar-refractivity contribution in [2.45, 2.75) is 4.90 Å². The zero-order valence-electron chi connectivity index (χ0n) is 10.8. The molecule has 8 heteroatoms. The molecule has 2 N–H and O–H groups in total. The summed E-state index contributed by atoms with van der Waals surface area (Å²) in [5, 5.41) is 2.85. The van der Waals surface area contributed by atoms with Crippen LogP contribution in [0, 0.1) is 11.6 Å². The van der Waals surface area contributed by atoms with Crippen LogP contribution in [0.3, 0.4) is 0 Å². The molecule has 2 rings (SSSR count). The summed E-state index contributed by atoms with van der Waals surface area (Å²) in [7, 11) is -2.29. The van der Waals surface area contributed by atoms with Gasteiger partial charge in [0.1, 0.15) is 11.6 Å². The topological polar surface area (TPSA) is 58.2 Å². The first-order valence-corrected chi connectivity index (χ1v) is 8.06.